The molecule has 106 valence electrons. The van der Waals surface area contributed by atoms with E-state index in [1.807, 2.05) is 13.0 Å². The van der Waals surface area contributed by atoms with Crippen LogP contribution in [0.2, 0.25) is 0 Å². The van der Waals surface area contributed by atoms with Gasteiger partial charge < -0.3 is 10.1 Å². The molecule has 0 bridgehead atoms. The summed E-state index contributed by atoms with van der Waals surface area (Å²) >= 11 is 0. The van der Waals surface area contributed by atoms with Crippen LogP contribution in [0, 0.1) is 5.82 Å². The second-order valence-electron chi connectivity index (χ2n) is 4.36. The Labute approximate surface area is 118 Å². The fraction of sp³-hybridized carbons (Fsp3) is 0.333. The van der Waals surface area contributed by atoms with Crippen molar-refractivity contribution in [2.75, 3.05) is 13.7 Å². The van der Waals surface area contributed by atoms with Crippen molar-refractivity contribution >= 4 is 0 Å². The number of rotatable bonds is 6. The average molecular weight is 275 g/mol. The van der Waals surface area contributed by atoms with Gasteiger partial charge in [-0.3, -0.25) is 4.98 Å². The van der Waals surface area contributed by atoms with Gasteiger partial charge in [0.15, 0.2) is 0 Å². The second-order valence-corrected chi connectivity index (χ2v) is 4.36. The van der Waals surface area contributed by atoms with Crippen molar-refractivity contribution in [2.45, 2.75) is 19.4 Å². The van der Waals surface area contributed by atoms with Crippen molar-refractivity contribution < 1.29 is 9.13 Å². The maximum atomic E-state index is 13.8. The van der Waals surface area contributed by atoms with E-state index < -0.39 is 0 Å². The Balaban J connectivity index is 2.29. The van der Waals surface area contributed by atoms with Crippen LogP contribution >= 0.6 is 0 Å². The third-order valence-electron chi connectivity index (χ3n) is 3.05. The Morgan fingerprint density at radius 1 is 1.25 bits per heavy atom. The summed E-state index contributed by atoms with van der Waals surface area (Å²) < 4.78 is 19.0. The lowest BCUT2D eigenvalue weighted by Gasteiger charge is -2.19. The first kappa shape index (κ1) is 14.4. The van der Waals surface area contributed by atoms with E-state index in [1.165, 1.54) is 6.07 Å². The summed E-state index contributed by atoms with van der Waals surface area (Å²) in [7, 11) is 1.56. The number of likely N-dealkylation sites (N-methyl/N-ethyl adjacent to an activating group) is 1. The van der Waals surface area contributed by atoms with E-state index in [0.717, 1.165) is 6.54 Å². The van der Waals surface area contributed by atoms with Crippen LogP contribution in [0.1, 0.15) is 24.2 Å². The van der Waals surface area contributed by atoms with Crippen LogP contribution in [0.15, 0.2) is 36.7 Å². The van der Waals surface area contributed by atoms with E-state index in [0.29, 0.717) is 23.6 Å². The van der Waals surface area contributed by atoms with Crippen LogP contribution in [0.5, 0.6) is 5.88 Å². The van der Waals surface area contributed by atoms with Crippen molar-refractivity contribution in [1.82, 2.24) is 15.3 Å². The second kappa shape index (κ2) is 6.96. The molecule has 1 aromatic heterocycles. The third kappa shape index (κ3) is 3.30. The largest absolute Gasteiger partial charge is 0.480 e. The van der Waals surface area contributed by atoms with E-state index in [1.54, 1.807) is 31.6 Å². The molecule has 1 heterocycles. The Morgan fingerprint density at radius 2 is 2.00 bits per heavy atom. The van der Waals surface area contributed by atoms with Crippen LogP contribution in [-0.4, -0.2) is 23.6 Å². The Bertz CT molecular complexity index is 562. The monoisotopic (exact) mass is 275 g/mol. The zero-order chi connectivity index (χ0) is 14.4. The number of ether oxygens (including phenoxy) is 1. The molecule has 0 aliphatic heterocycles. The molecule has 0 aliphatic rings. The molecule has 1 aromatic carbocycles. The molecule has 0 aliphatic carbocycles. The van der Waals surface area contributed by atoms with Crippen molar-refractivity contribution in [1.29, 1.82) is 0 Å². The Kier molecular flexibility index (Phi) is 5.01. The van der Waals surface area contributed by atoms with Crippen molar-refractivity contribution in [3.8, 4) is 5.88 Å². The number of halogens is 1. The van der Waals surface area contributed by atoms with Gasteiger partial charge in [-0.2, -0.15) is 0 Å². The minimum absolute atomic E-state index is 0.138. The smallest absolute Gasteiger partial charge is 0.237 e. The van der Waals surface area contributed by atoms with Gasteiger partial charge in [-0.05, 0) is 24.6 Å². The summed E-state index contributed by atoms with van der Waals surface area (Å²) in [4.78, 5) is 8.47. The minimum atomic E-state index is -0.210. The first-order valence-corrected chi connectivity index (χ1v) is 6.58. The lowest BCUT2D eigenvalue weighted by Crippen LogP contribution is -2.25. The van der Waals surface area contributed by atoms with E-state index in [9.17, 15) is 4.39 Å². The number of nitrogens with zero attached hydrogens (tertiary/aromatic N) is 2. The standard InChI is InChI=1S/C15H18FN3O/c1-3-17-13(10-11-6-4-5-7-12(11)16)14-15(20-2)19-9-8-18-14/h4-9,13,17H,3,10H2,1-2H3. The molecule has 1 atom stereocenters. The lowest BCUT2D eigenvalue weighted by molar-refractivity contribution is 0.376. The summed E-state index contributed by atoms with van der Waals surface area (Å²) in [5, 5.41) is 3.30. The molecule has 1 N–H and O–H groups in total. The van der Waals surface area contributed by atoms with E-state index in [4.69, 9.17) is 4.74 Å². The van der Waals surface area contributed by atoms with Gasteiger partial charge in [0.1, 0.15) is 11.5 Å². The molecule has 0 fully saturated rings. The first-order chi connectivity index (χ1) is 9.76. The van der Waals surface area contributed by atoms with Crippen LogP contribution < -0.4 is 10.1 Å². The van der Waals surface area contributed by atoms with Gasteiger partial charge in [0.25, 0.3) is 0 Å². The highest BCUT2D eigenvalue weighted by Gasteiger charge is 2.19. The molecule has 1 unspecified atom stereocenters. The van der Waals surface area contributed by atoms with Crippen molar-refractivity contribution in [3.63, 3.8) is 0 Å². The highest BCUT2D eigenvalue weighted by Crippen LogP contribution is 2.24. The molecule has 0 spiro atoms. The molecule has 2 rings (SSSR count). The fourth-order valence-electron chi connectivity index (χ4n) is 2.13. The van der Waals surface area contributed by atoms with Gasteiger partial charge in [0.2, 0.25) is 5.88 Å². The van der Waals surface area contributed by atoms with Crippen LogP contribution in [0.4, 0.5) is 4.39 Å². The van der Waals surface area contributed by atoms with Gasteiger partial charge in [-0.1, -0.05) is 25.1 Å². The molecule has 2 aromatic rings. The predicted molar refractivity (Wildman–Crippen MR) is 75.1 cm³/mol. The predicted octanol–water partition coefficient (Wildman–Crippen LogP) is 2.52. The van der Waals surface area contributed by atoms with Crippen LogP contribution in [0.25, 0.3) is 0 Å². The van der Waals surface area contributed by atoms with E-state index >= 15 is 0 Å². The molecule has 5 heteroatoms. The van der Waals surface area contributed by atoms with Crippen molar-refractivity contribution in [2.24, 2.45) is 0 Å². The maximum Gasteiger partial charge on any atom is 0.237 e. The number of methoxy groups -OCH3 is 1. The molecular formula is C15H18FN3O. The summed E-state index contributed by atoms with van der Waals surface area (Å²) in [6.07, 6.45) is 3.69. The zero-order valence-electron chi connectivity index (χ0n) is 11.6. The van der Waals surface area contributed by atoms with Gasteiger partial charge in [-0.15, -0.1) is 0 Å². The summed E-state index contributed by atoms with van der Waals surface area (Å²) in [5.74, 6) is 0.257. The number of nitrogens with one attached hydrogen (secondary N) is 1. The molecule has 0 amide bonds. The zero-order valence-corrected chi connectivity index (χ0v) is 11.6. The number of benzene rings is 1. The molecular weight excluding hydrogens is 257 g/mol. The van der Waals surface area contributed by atoms with Gasteiger partial charge in [0, 0.05) is 12.4 Å². The Hall–Kier alpha value is -2.01. The molecule has 0 saturated heterocycles. The van der Waals surface area contributed by atoms with Gasteiger partial charge >= 0.3 is 0 Å². The molecule has 0 saturated carbocycles. The first-order valence-electron chi connectivity index (χ1n) is 6.58. The normalized spacial score (nSPS) is 12.2. The molecule has 4 nitrogen and oxygen atoms in total. The van der Waals surface area contributed by atoms with Gasteiger partial charge in [0.05, 0.1) is 13.2 Å². The number of hydrogen-bond acceptors (Lipinski definition) is 4. The fourth-order valence-corrected chi connectivity index (χ4v) is 2.13. The summed E-state index contributed by atoms with van der Waals surface area (Å²) in [6.45, 7) is 2.75. The maximum absolute atomic E-state index is 13.8. The summed E-state index contributed by atoms with van der Waals surface area (Å²) in [6, 6.07) is 6.62. The molecule has 0 radical (unpaired) electrons. The van der Waals surface area contributed by atoms with E-state index in [-0.39, 0.29) is 11.9 Å². The highest BCUT2D eigenvalue weighted by molar-refractivity contribution is 5.26. The number of aromatic nitrogens is 2. The highest BCUT2D eigenvalue weighted by atomic mass is 19.1. The SMILES string of the molecule is CCNC(Cc1ccccc1F)c1nccnc1OC. The Morgan fingerprint density at radius 3 is 2.70 bits per heavy atom. The topological polar surface area (TPSA) is 47.0 Å². The van der Waals surface area contributed by atoms with Crippen molar-refractivity contribution in [3.05, 3.63) is 53.7 Å². The third-order valence-corrected chi connectivity index (χ3v) is 3.05. The number of hydrogen-bond donors (Lipinski definition) is 1. The minimum Gasteiger partial charge on any atom is -0.480 e. The average Bonchev–Trinajstić information content (AvgIpc) is 2.49. The van der Waals surface area contributed by atoms with Crippen LogP contribution in [0.3, 0.4) is 0 Å². The summed E-state index contributed by atoms with van der Waals surface area (Å²) in [5.41, 5.74) is 1.34. The van der Waals surface area contributed by atoms with E-state index in [2.05, 4.69) is 15.3 Å². The van der Waals surface area contributed by atoms with Gasteiger partial charge in [-0.25, -0.2) is 9.37 Å². The molecule has 20 heavy (non-hydrogen) atoms. The quantitative estimate of drug-likeness (QED) is 0.880. The van der Waals surface area contributed by atoms with Crippen LogP contribution in [-0.2, 0) is 6.42 Å². The lowest BCUT2D eigenvalue weighted by atomic mass is 10.0.